The number of benzene rings is 2. The number of hydrogen-bond acceptors (Lipinski definition) is 6. The summed E-state index contributed by atoms with van der Waals surface area (Å²) < 4.78 is 1.90. The standard InChI is InChI=1S/C20H21N7/c1-13-17-9-8-16(12-18(17)25-27(13)3)26(2)19-10-11-22-20(24-19)23-15-6-4-14(21)5-7-15/h4-12H,21H2,1-3H3,(H,22,23,24). The Labute approximate surface area is 157 Å². The summed E-state index contributed by atoms with van der Waals surface area (Å²) in [5.41, 5.74) is 10.5. The number of nitrogens with one attached hydrogen (secondary N) is 1. The van der Waals surface area contributed by atoms with Crippen LogP contribution in [0.4, 0.5) is 28.8 Å². The van der Waals surface area contributed by atoms with Crippen molar-refractivity contribution in [2.75, 3.05) is 23.0 Å². The lowest BCUT2D eigenvalue weighted by atomic mass is 10.2. The summed E-state index contributed by atoms with van der Waals surface area (Å²) >= 11 is 0. The smallest absolute Gasteiger partial charge is 0.229 e. The van der Waals surface area contributed by atoms with Crippen LogP contribution in [-0.4, -0.2) is 26.8 Å². The van der Waals surface area contributed by atoms with E-state index >= 15 is 0 Å². The normalized spacial score (nSPS) is 10.9. The van der Waals surface area contributed by atoms with Crippen LogP contribution in [0.2, 0.25) is 0 Å². The van der Waals surface area contributed by atoms with E-state index in [-0.39, 0.29) is 0 Å². The molecule has 7 nitrogen and oxygen atoms in total. The van der Waals surface area contributed by atoms with E-state index in [0.29, 0.717) is 5.95 Å². The van der Waals surface area contributed by atoms with Crippen LogP contribution >= 0.6 is 0 Å². The van der Waals surface area contributed by atoms with Crippen LogP contribution in [0.25, 0.3) is 10.9 Å². The number of hydrogen-bond donors (Lipinski definition) is 2. The average molecular weight is 359 g/mol. The molecule has 0 amide bonds. The van der Waals surface area contributed by atoms with Gasteiger partial charge in [-0.2, -0.15) is 10.1 Å². The van der Waals surface area contributed by atoms with Gasteiger partial charge < -0.3 is 16.0 Å². The van der Waals surface area contributed by atoms with E-state index in [1.165, 1.54) is 0 Å². The number of anilines is 5. The highest BCUT2D eigenvalue weighted by Crippen LogP contribution is 2.27. The quantitative estimate of drug-likeness (QED) is 0.540. The van der Waals surface area contributed by atoms with Crippen LogP contribution in [-0.2, 0) is 7.05 Å². The SMILES string of the molecule is Cc1c2ccc(N(C)c3ccnc(Nc4ccc(N)cc4)n3)cc2nn1C. The fourth-order valence-corrected chi connectivity index (χ4v) is 2.95. The Balaban J connectivity index is 1.62. The maximum atomic E-state index is 5.73. The van der Waals surface area contributed by atoms with Crippen LogP contribution in [0.5, 0.6) is 0 Å². The first kappa shape index (κ1) is 16.8. The first-order valence-corrected chi connectivity index (χ1v) is 8.64. The van der Waals surface area contributed by atoms with E-state index in [1.54, 1.807) is 6.20 Å². The molecule has 0 spiro atoms. The van der Waals surface area contributed by atoms with E-state index in [9.17, 15) is 0 Å². The van der Waals surface area contributed by atoms with Gasteiger partial charge in [0, 0.05) is 48.4 Å². The molecule has 0 aliphatic heterocycles. The molecule has 0 aliphatic rings. The van der Waals surface area contributed by atoms with E-state index in [0.717, 1.165) is 39.5 Å². The van der Waals surface area contributed by atoms with Crippen LogP contribution in [0.15, 0.2) is 54.7 Å². The minimum Gasteiger partial charge on any atom is -0.399 e. The van der Waals surface area contributed by atoms with Gasteiger partial charge in [0.05, 0.1) is 5.52 Å². The molecule has 0 saturated carbocycles. The summed E-state index contributed by atoms with van der Waals surface area (Å²) in [4.78, 5) is 10.9. The molecule has 7 heteroatoms. The van der Waals surface area contributed by atoms with Crippen molar-refractivity contribution >= 4 is 39.7 Å². The molecule has 0 aliphatic carbocycles. The molecule has 0 unspecified atom stereocenters. The Kier molecular flexibility index (Phi) is 4.12. The van der Waals surface area contributed by atoms with E-state index in [2.05, 4.69) is 45.5 Å². The van der Waals surface area contributed by atoms with Crippen LogP contribution in [0, 0.1) is 6.92 Å². The number of nitrogens with zero attached hydrogens (tertiary/aromatic N) is 5. The Bertz CT molecular complexity index is 1100. The van der Waals surface area contributed by atoms with Gasteiger partial charge in [-0.05, 0) is 55.5 Å². The zero-order chi connectivity index (χ0) is 19.0. The number of nitrogen functional groups attached to an aromatic ring is 1. The van der Waals surface area contributed by atoms with Gasteiger partial charge in [-0.25, -0.2) is 4.98 Å². The number of aromatic nitrogens is 4. The predicted molar refractivity (Wildman–Crippen MR) is 110 cm³/mol. The van der Waals surface area contributed by atoms with Crippen LogP contribution < -0.4 is 16.0 Å². The van der Waals surface area contributed by atoms with Crippen molar-refractivity contribution in [3.63, 3.8) is 0 Å². The van der Waals surface area contributed by atoms with Gasteiger partial charge in [-0.1, -0.05) is 0 Å². The maximum Gasteiger partial charge on any atom is 0.229 e. The van der Waals surface area contributed by atoms with Gasteiger partial charge in [-0.3, -0.25) is 4.68 Å². The molecular weight excluding hydrogens is 338 g/mol. The van der Waals surface area contributed by atoms with Gasteiger partial charge in [0.2, 0.25) is 5.95 Å². The third kappa shape index (κ3) is 3.27. The summed E-state index contributed by atoms with van der Waals surface area (Å²) in [6.45, 7) is 2.07. The average Bonchev–Trinajstić information content (AvgIpc) is 2.96. The molecule has 3 N–H and O–H groups in total. The maximum absolute atomic E-state index is 5.73. The molecule has 4 aromatic rings. The van der Waals surface area contributed by atoms with Crippen molar-refractivity contribution in [3.05, 3.63) is 60.4 Å². The van der Waals surface area contributed by atoms with Gasteiger partial charge in [0.15, 0.2) is 0 Å². The Morgan fingerprint density at radius 3 is 2.63 bits per heavy atom. The molecular formula is C20H21N7. The summed E-state index contributed by atoms with van der Waals surface area (Å²) in [5, 5.41) is 8.92. The third-order valence-corrected chi connectivity index (χ3v) is 4.65. The molecule has 0 fully saturated rings. The second kappa shape index (κ2) is 6.60. The van der Waals surface area contributed by atoms with Crippen LogP contribution in [0.3, 0.4) is 0 Å². The summed E-state index contributed by atoms with van der Waals surface area (Å²) in [6.07, 6.45) is 1.74. The lowest BCUT2D eigenvalue weighted by Gasteiger charge is -2.19. The van der Waals surface area contributed by atoms with Crippen molar-refractivity contribution in [2.24, 2.45) is 7.05 Å². The van der Waals surface area contributed by atoms with Crippen molar-refractivity contribution in [1.29, 1.82) is 0 Å². The lowest BCUT2D eigenvalue weighted by molar-refractivity contribution is 0.751. The minimum atomic E-state index is 0.527. The van der Waals surface area contributed by atoms with E-state index < -0.39 is 0 Å². The number of fused-ring (bicyclic) bond motifs is 1. The molecule has 0 radical (unpaired) electrons. The zero-order valence-corrected chi connectivity index (χ0v) is 15.5. The Hall–Kier alpha value is -3.61. The highest BCUT2D eigenvalue weighted by Gasteiger charge is 2.11. The number of rotatable bonds is 4. The van der Waals surface area contributed by atoms with Gasteiger partial charge in [0.1, 0.15) is 5.82 Å². The molecule has 0 bridgehead atoms. The Morgan fingerprint density at radius 1 is 1.07 bits per heavy atom. The summed E-state index contributed by atoms with van der Waals surface area (Å²) in [5.74, 6) is 1.31. The van der Waals surface area contributed by atoms with Crippen molar-refractivity contribution in [2.45, 2.75) is 6.92 Å². The molecule has 4 rings (SSSR count). The summed E-state index contributed by atoms with van der Waals surface area (Å²) in [6, 6.07) is 15.6. The largest absolute Gasteiger partial charge is 0.399 e. The number of aryl methyl sites for hydroxylation is 2. The Morgan fingerprint density at radius 2 is 1.85 bits per heavy atom. The molecule has 2 aromatic carbocycles. The minimum absolute atomic E-state index is 0.527. The molecule has 27 heavy (non-hydrogen) atoms. The molecule has 2 aromatic heterocycles. The highest BCUT2D eigenvalue weighted by molar-refractivity contribution is 5.85. The van der Waals surface area contributed by atoms with Crippen molar-refractivity contribution < 1.29 is 0 Å². The monoisotopic (exact) mass is 359 g/mol. The summed E-state index contributed by atoms with van der Waals surface area (Å²) in [7, 11) is 3.94. The van der Waals surface area contributed by atoms with Crippen molar-refractivity contribution in [1.82, 2.24) is 19.7 Å². The lowest BCUT2D eigenvalue weighted by Crippen LogP contribution is -2.12. The topological polar surface area (TPSA) is 84.9 Å². The number of nitrogens with two attached hydrogens (primary N) is 1. The molecule has 2 heterocycles. The highest BCUT2D eigenvalue weighted by atomic mass is 15.3. The van der Waals surface area contributed by atoms with E-state index in [1.807, 2.05) is 54.0 Å². The first-order valence-electron chi connectivity index (χ1n) is 8.64. The second-order valence-electron chi connectivity index (χ2n) is 6.45. The second-order valence-corrected chi connectivity index (χ2v) is 6.45. The molecule has 0 atom stereocenters. The fraction of sp³-hybridized carbons (Fsp3) is 0.150. The van der Waals surface area contributed by atoms with Crippen molar-refractivity contribution in [3.8, 4) is 0 Å². The van der Waals surface area contributed by atoms with E-state index in [4.69, 9.17) is 5.73 Å². The van der Waals surface area contributed by atoms with Crippen LogP contribution in [0.1, 0.15) is 5.69 Å². The molecule has 136 valence electrons. The van der Waals surface area contributed by atoms with Gasteiger partial charge >= 0.3 is 0 Å². The fourth-order valence-electron chi connectivity index (χ4n) is 2.95. The molecule has 0 saturated heterocycles. The van der Waals surface area contributed by atoms with Gasteiger partial charge in [-0.15, -0.1) is 0 Å². The van der Waals surface area contributed by atoms with Gasteiger partial charge in [0.25, 0.3) is 0 Å². The first-order chi connectivity index (χ1) is 13.0. The predicted octanol–water partition coefficient (Wildman–Crippen LogP) is 3.77. The zero-order valence-electron chi connectivity index (χ0n) is 15.5. The third-order valence-electron chi connectivity index (χ3n) is 4.65.